The van der Waals surface area contributed by atoms with Crippen molar-refractivity contribution in [3.63, 3.8) is 0 Å². The summed E-state index contributed by atoms with van der Waals surface area (Å²) in [7, 11) is 0. The minimum atomic E-state index is -1.09. The number of hydrogen-bond acceptors (Lipinski definition) is 6. The van der Waals surface area contributed by atoms with Crippen LogP contribution >= 0.6 is 11.8 Å². The predicted molar refractivity (Wildman–Crippen MR) is 105 cm³/mol. The molecule has 0 fully saturated rings. The van der Waals surface area contributed by atoms with E-state index in [0.717, 1.165) is 30.2 Å². The number of carbonyl (C=O) groups excluding carboxylic acids is 1. The van der Waals surface area contributed by atoms with Gasteiger partial charge in [-0.05, 0) is 36.8 Å². The van der Waals surface area contributed by atoms with E-state index in [0.29, 0.717) is 11.3 Å². The average molecular weight is 393 g/mol. The standard InChI is InChI=1S/C19H23NO6S/c1-3-4-5-12-8-18(22)26-16-9-13(6-7-14(12)16)25-10-17(21)20-15(11-27-2)19(23)24/h6-9,15H,3-5,10-11H2,1-2H3,(H,20,21)(H,23,24)/t15-/m0/s1. The van der Waals surface area contributed by atoms with Crippen molar-refractivity contribution in [1.29, 1.82) is 0 Å². The van der Waals surface area contributed by atoms with Crippen LogP contribution in [0.3, 0.4) is 0 Å². The molecule has 1 aromatic heterocycles. The maximum absolute atomic E-state index is 11.9. The SMILES string of the molecule is CCCCc1cc(=O)oc2cc(OCC(=O)N[C@@H](CSC)C(=O)O)ccc12. The fourth-order valence-electron chi connectivity index (χ4n) is 2.60. The van der Waals surface area contributed by atoms with Crippen molar-refractivity contribution in [2.24, 2.45) is 0 Å². The maximum Gasteiger partial charge on any atom is 0.336 e. The van der Waals surface area contributed by atoms with Gasteiger partial charge in [-0.3, -0.25) is 4.79 Å². The zero-order valence-corrected chi connectivity index (χ0v) is 16.1. The van der Waals surface area contributed by atoms with Crippen LogP contribution in [-0.4, -0.2) is 41.6 Å². The Kier molecular flexibility index (Phi) is 7.72. The summed E-state index contributed by atoms with van der Waals surface area (Å²) in [6.45, 7) is 1.75. The van der Waals surface area contributed by atoms with Crippen molar-refractivity contribution >= 4 is 34.6 Å². The summed E-state index contributed by atoms with van der Waals surface area (Å²) >= 11 is 1.33. The van der Waals surface area contributed by atoms with E-state index in [1.54, 1.807) is 24.5 Å². The van der Waals surface area contributed by atoms with Gasteiger partial charge in [0.05, 0.1) is 0 Å². The predicted octanol–water partition coefficient (Wildman–Crippen LogP) is 2.45. The molecule has 0 unspecified atom stereocenters. The summed E-state index contributed by atoms with van der Waals surface area (Å²) in [5, 5.41) is 12.3. The molecule has 8 heteroatoms. The van der Waals surface area contributed by atoms with E-state index in [1.165, 1.54) is 17.8 Å². The van der Waals surface area contributed by atoms with Crippen LogP contribution < -0.4 is 15.7 Å². The number of ether oxygens (including phenoxy) is 1. The summed E-state index contributed by atoms with van der Waals surface area (Å²) in [6, 6.07) is 5.60. The Hall–Kier alpha value is -2.48. The third-order valence-electron chi connectivity index (χ3n) is 3.94. The summed E-state index contributed by atoms with van der Waals surface area (Å²) in [6.07, 6.45) is 4.53. The first-order valence-electron chi connectivity index (χ1n) is 8.65. The van der Waals surface area contributed by atoms with Crippen molar-refractivity contribution in [3.8, 4) is 5.75 Å². The number of thioether (sulfide) groups is 1. The van der Waals surface area contributed by atoms with Gasteiger partial charge in [-0.2, -0.15) is 11.8 Å². The van der Waals surface area contributed by atoms with E-state index in [2.05, 4.69) is 12.2 Å². The summed E-state index contributed by atoms with van der Waals surface area (Å²) < 4.78 is 10.7. The molecule has 0 bridgehead atoms. The van der Waals surface area contributed by atoms with Crippen LogP contribution in [0, 0.1) is 0 Å². The van der Waals surface area contributed by atoms with Crippen molar-refractivity contribution < 1.29 is 23.8 Å². The van der Waals surface area contributed by atoms with E-state index < -0.39 is 23.5 Å². The molecule has 1 amide bonds. The third kappa shape index (κ3) is 6.02. The van der Waals surface area contributed by atoms with Crippen molar-refractivity contribution in [2.45, 2.75) is 32.2 Å². The molecule has 0 aliphatic heterocycles. The number of unbranched alkanes of at least 4 members (excludes halogenated alkanes) is 1. The van der Waals surface area contributed by atoms with Crippen LogP contribution in [0.15, 0.2) is 33.5 Å². The largest absolute Gasteiger partial charge is 0.484 e. The Bertz CT molecular complexity index is 863. The number of benzene rings is 1. The van der Waals surface area contributed by atoms with Crippen LogP contribution in [0.1, 0.15) is 25.3 Å². The molecule has 2 N–H and O–H groups in total. The van der Waals surface area contributed by atoms with Gasteiger partial charge in [-0.25, -0.2) is 9.59 Å². The molecule has 0 radical (unpaired) electrons. The number of carboxylic acid groups (broad SMARTS) is 1. The zero-order chi connectivity index (χ0) is 19.8. The molecule has 0 aliphatic carbocycles. The van der Waals surface area contributed by atoms with Gasteiger partial charge in [0.15, 0.2) is 6.61 Å². The number of carbonyl (C=O) groups is 2. The molecule has 1 heterocycles. The second-order valence-corrected chi connectivity index (χ2v) is 6.97. The van der Waals surface area contributed by atoms with Crippen molar-refractivity contribution in [1.82, 2.24) is 5.32 Å². The summed E-state index contributed by atoms with van der Waals surface area (Å²) in [4.78, 5) is 34.7. The van der Waals surface area contributed by atoms with Crippen LogP contribution in [0.4, 0.5) is 0 Å². The molecule has 0 spiro atoms. The highest BCUT2D eigenvalue weighted by atomic mass is 32.2. The minimum Gasteiger partial charge on any atom is -0.484 e. The lowest BCUT2D eigenvalue weighted by atomic mass is 10.0. The van der Waals surface area contributed by atoms with Gasteiger partial charge in [0, 0.05) is 23.3 Å². The molecular formula is C19H23NO6S. The van der Waals surface area contributed by atoms with Crippen LogP contribution in [0.2, 0.25) is 0 Å². The Morgan fingerprint density at radius 2 is 2.11 bits per heavy atom. The number of aliphatic carboxylic acids is 1. The number of fused-ring (bicyclic) bond motifs is 1. The summed E-state index contributed by atoms with van der Waals surface area (Å²) in [5.74, 6) is -0.993. The molecule has 2 rings (SSSR count). The number of aryl methyl sites for hydroxylation is 1. The van der Waals surface area contributed by atoms with Crippen LogP contribution in [-0.2, 0) is 16.0 Å². The van der Waals surface area contributed by atoms with E-state index in [1.807, 2.05) is 0 Å². The van der Waals surface area contributed by atoms with Crippen molar-refractivity contribution in [3.05, 3.63) is 40.2 Å². The highest BCUT2D eigenvalue weighted by Gasteiger charge is 2.19. The Morgan fingerprint density at radius 1 is 1.33 bits per heavy atom. The van der Waals surface area contributed by atoms with E-state index in [-0.39, 0.29) is 12.4 Å². The second-order valence-electron chi connectivity index (χ2n) is 6.05. The lowest BCUT2D eigenvalue weighted by Crippen LogP contribution is -2.44. The number of nitrogens with one attached hydrogen (secondary N) is 1. The maximum atomic E-state index is 11.9. The molecule has 1 atom stereocenters. The van der Waals surface area contributed by atoms with E-state index in [4.69, 9.17) is 14.3 Å². The number of amides is 1. The molecule has 2 aromatic rings. The highest BCUT2D eigenvalue weighted by Crippen LogP contribution is 2.23. The molecular weight excluding hydrogens is 370 g/mol. The number of rotatable bonds is 10. The fourth-order valence-corrected chi connectivity index (χ4v) is 3.16. The molecule has 0 aliphatic rings. The Morgan fingerprint density at radius 3 is 2.78 bits per heavy atom. The highest BCUT2D eigenvalue weighted by molar-refractivity contribution is 7.98. The number of hydrogen-bond donors (Lipinski definition) is 2. The first kappa shape index (κ1) is 20.8. The van der Waals surface area contributed by atoms with Gasteiger partial charge in [0.25, 0.3) is 5.91 Å². The monoisotopic (exact) mass is 393 g/mol. The van der Waals surface area contributed by atoms with Gasteiger partial charge >= 0.3 is 11.6 Å². The normalized spacial score (nSPS) is 11.9. The molecule has 1 aromatic carbocycles. The van der Waals surface area contributed by atoms with Crippen LogP contribution in [0.5, 0.6) is 5.75 Å². The van der Waals surface area contributed by atoms with Gasteiger partial charge in [-0.1, -0.05) is 13.3 Å². The lowest BCUT2D eigenvalue weighted by Gasteiger charge is -2.14. The minimum absolute atomic E-state index is 0.267. The van der Waals surface area contributed by atoms with Gasteiger partial charge in [0.2, 0.25) is 0 Å². The molecule has 7 nitrogen and oxygen atoms in total. The van der Waals surface area contributed by atoms with E-state index >= 15 is 0 Å². The topological polar surface area (TPSA) is 106 Å². The smallest absolute Gasteiger partial charge is 0.336 e. The number of carboxylic acids is 1. The van der Waals surface area contributed by atoms with Crippen molar-refractivity contribution in [2.75, 3.05) is 18.6 Å². The van der Waals surface area contributed by atoms with Gasteiger partial charge in [-0.15, -0.1) is 0 Å². The van der Waals surface area contributed by atoms with Crippen LogP contribution in [0.25, 0.3) is 11.0 Å². The molecule has 146 valence electrons. The molecule has 0 saturated carbocycles. The first-order valence-corrected chi connectivity index (χ1v) is 10.0. The second kappa shape index (κ2) is 10.0. The zero-order valence-electron chi connectivity index (χ0n) is 15.3. The third-order valence-corrected chi connectivity index (χ3v) is 4.60. The lowest BCUT2D eigenvalue weighted by molar-refractivity contribution is -0.141. The van der Waals surface area contributed by atoms with E-state index in [9.17, 15) is 14.4 Å². The Balaban J connectivity index is 2.08. The molecule has 0 saturated heterocycles. The average Bonchev–Trinajstić information content (AvgIpc) is 2.63. The summed E-state index contributed by atoms with van der Waals surface area (Å²) in [5.41, 5.74) is 0.899. The fraction of sp³-hybridized carbons (Fsp3) is 0.421. The quantitative estimate of drug-likeness (QED) is 0.597. The molecule has 27 heavy (non-hydrogen) atoms. The Labute approximate surface area is 161 Å². The van der Waals surface area contributed by atoms with Gasteiger partial charge < -0.3 is 19.6 Å². The first-order chi connectivity index (χ1) is 12.9. The van der Waals surface area contributed by atoms with Gasteiger partial charge in [0.1, 0.15) is 17.4 Å².